The molecular weight excluding hydrogens is 274 g/mol. The van der Waals surface area contributed by atoms with Crippen molar-refractivity contribution in [3.05, 3.63) is 34.0 Å². The quantitative estimate of drug-likeness (QED) is 0.638. The lowest BCUT2D eigenvalue weighted by atomic mass is 10.0. The number of halogens is 1. The molecule has 1 unspecified atom stereocenters. The van der Waals surface area contributed by atoms with E-state index in [0.29, 0.717) is 5.56 Å². The van der Waals surface area contributed by atoms with Crippen LogP contribution in [0.1, 0.15) is 12.5 Å². The van der Waals surface area contributed by atoms with Gasteiger partial charge < -0.3 is 21.1 Å². The first kappa shape index (κ1) is 13.0. The minimum atomic E-state index is -1.21. The molecule has 0 spiro atoms. The molecule has 1 aromatic rings. The summed E-state index contributed by atoms with van der Waals surface area (Å²) in [6.07, 6.45) is 1.33. The van der Waals surface area contributed by atoms with Gasteiger partial charge in [0.2, 0.25) is 0 Å². The second-order valence-corrected chi connectivity index (χ2v) is 4.72. The maximum Gasteiger partial charge on any atom is 0.122 e. The monoisotopic (exact) mass is 287 g/mol. The molecule has 0 fully saturated rings. The van der Waals surface area contributed by atoms with E-state index in [9.17, 15) is 10.2 Å². The minimum Gasteiger partial charge on any atom is -0.510 e. The van der Waals surface area contributed by atoms with Crippen molar-refractivity contribution in [3.8, 4) is 5.75 Å². The number of phenols is 1. The van der Waals surface area contributed by atoms with Gasteiger partial charge in [-0.05, 0) is 31.2 Å². The van der Waals surface area contributed by atoms with Gasteiger partial charge in [0.05, 0.1) is 12.1 Å². The summed E-state index contributed by atoms with van der Waals surface area (Å²) in [6, 6.07) is 4.81. The van der Waals surface area contributed by atoms with Gasteiger partial charge in [0, 0.05) is 10.0 Å². The fourth-order valence-corrected chi connectivity index (χ4v) is 1.41. The zero-order chi connectivity index (χ0) is 12.3. The summed E-state index contributed by atoms with van der Waals surface area (Å²) in [5.41, 5.74) is 4.85. The SMILES string of the molecule is CC(N)(CO)C(O)=Cc1cc(Br)ccc1O. The van der Waals surface area contributed by atoms with Gasteiger partial charge in [-0.15, -0.1) is 0 Å². The van der Waals surface area contributed by atoms with E-state index < -0.39 is 5.54 Å². The third-order valence-corrected chi connectivity index (χ3v) is 2.69. The Balaban J connectivity index is 3.12. The maximum atomic E-state index is 9.70. The van der Waals surface area contributed by atoms with Crippen molar-refractivity contribution in [3.63, 3.8) is 0 Å². The highest BCUT2D eigenvalue weighted by Crippen LogP contribution is 2.25. The van der Waals surface area contributed by atoms with Gasteiger partial charge in [0.25, 0.3) is 0 Å². The van der Waals surface area contributed by atoms with Crippen LogP contribution >= 0.6 is 15.9 Å². The van der Waals surface area contributed by atoms with Crippen LogP contribution in [0.3, 0.4) is 0 Å². The molecule has 0 aliphatic rings. The van der Waals surface area contributed by atoms with Crippen LogP contribution in [-0.4, -0.2) is 27.5 Å². The molecule has 1 rings (SSSR count). The fourth-order valence-electron chi connectivity index (χ4n) is 1.03. The largest absolute Gasteiger partial charge is 0.510 e. The molecule has 16 heavy (non-hydrogen) atoms. The number of phenolic OH excluding ortho intramolecular Hbond substituents is 1. The Hall–Kier alpha value is -1.04. The Morgan fingerprint density at radius 3 is 2.75 bits per heavy atom. The summed E-state index contributed by atoms with van der Waals surface area (Å²) in [6.45, 7) is 1.11. The van der Waals surface area contributed by atoms with E-state index in [0.717, 1.165) is 4.47 Å². The van der Waals surface area contributed by atoms with Crippen LogP contribution in [0.2, 0.25) is 0 Å². The zero-order valence-electron chi connectivity index (χ0n) is 8.81. The van der Waals surface area contributed by atoms with Crippen LogP contribution in [0.5, 0.6) is 5.75 Å². The van der Waals surface area contributed by atoms with E-state index in [1.165, 1.54) is 19.1 Å². The smallest absolute Gasteiger partial charge is 0.122 e. The van der Waals surface area contributed by atoms with E-state index in [-0.39, 0.29) is 18.1 Å². The number of hydrogen-bond acceptors (Lipinski definition) is 4. The number of nitrogens with two attached hydrogens (primary N) is 1. The summed E-state index contributed by atoms with van der Waals surface area (Å²) >= 11 is 3.25. The molecule has 1 aromatic carbocycles. The second-order valence-electron chi connectivity index (χ2n) is 3.81. The number of hydrogen-bond donors (Lipinski definition) is 4. The van der Waals surface area contributed by atoms with Gasteiger partial charge in [-0.1, -0.05) is 15.9 Å². The van der Waals surface area contributed by atoms with Crippen molar-refractivity contribution in [1.29, 1.82) is 0 Å². The van der Waals surface area contributed by atoms with E-state index in [1.54, 1.807) is 12.1 Å². The fraction of sp³-hybridized carbons (Fsp3) is 0.273. The van der Waals surface area contributed by atoms with E-state index in [4.69, 9.17) is 10.8 Å². The Bertz CT molecular complexity index is 416. The number of aromatic hydroxyl groups is 1. The maximum absolute atomic E-state index is 9.70. The van der Waals surface area contributed by atoms with Gasteiger partial charge in [-0.3, -0.25) is 0 Å². The first-order valence-electron chi connectivity index (χ1n) is 4.66. The van der Waals surface area contributed by atoms with Crippen LogP contribution in [-0.2, 0) is 0 Å². The minimum absolute atomic E-state index is 0.0310. The number of rotatable bonds is 3. The number of aliphatic hydroxyl groups excluding tert-OH is 2. The van der Waals surface area contributed by atoms with Crippen molar-refractivity contribution in [2.75, 3.05) is 6.61 Å². The third-order valence-electron chi connectivity index (χ3n) is 2.20. The van der Waals surface area contributed by atoms with Crippen molar-refractivity contribution < 1.29 is 15.3 Å². The molecule has 0 radical (unpaired) electrons. The predicted octanol–water partition coefficient (Wildman–Crippen LogP) is 1.76. The molecular formula is C11H14BrNO3. The second kappa shape index (κ2) is 4.86. The van der Waals surface area contributed by atoms with Crippen LogP contribution in [0, 0.1) is 0 Å². The molecule has 0 bridgehead atoms. The normalized spacial score (nSPS) is 15.9. The Morgan fingerprint density at radius 2 is 2.19 bits per heavy atom. The van der Waals surface area contributed by atoms with Gasteiger partial charge in [0.1, 0.15) is 11.5 Å². The highest BCUT2D eigenvalue weighted by Gasteiger charge is 2.22. The topological polar surface area (TPSA) is 86.7 Å². The Morgan fingerprint density at radius 1 is 1.56 bits per heavy atom. The van der Waals surface area contributed by atoms with Gasteiger partial charge in [0.15, 0.2) is 0 Å². The molecule has 5 N–H and O–H groups in total. The molecule has 4 nitrogen and oxygen atoms in total. The summed E-state index contributed by atoms with van der Waals surface area (Å²) in [7, 11) is 0. The predicted molar refractivity (Wildman–Crippen MR) is 66.1 cm³/mol. The number of aliphatic hydroxyl groups is 2. The molecule has 0 aliphatic heterocycles. The molecule has 0 aliphatic carbocycles. The first-order valence-corrected chi connectivity index (χ1v) is 5.45. The highest BCUT2D eigenvalue weighted by atomic mass is 79.9. The molecule has 0 heterocycles. The average Bonchev–Trinajstić information content (AvgIpc) is 2.23. The lowest BCUT2D eigenvalue weighted by Gasteiger charge is -2.20. The Kier molecular flexibility index (Phi) is 3.96. The number of benzene rings is 1. The van der Waals surface area contributed by atoms with Crippen LogP contribution in [0.4, 0.5) is 0 Å². The van der Waals surface area contributed by atoms with Crippen LogP contribution in [0.25, 0.3) is 6.08 Å². The molecule has 0 aromatic heterocycles. The van der Waals surface area contributed by atoms with Crippen molar-refractivity contribution in [2.24, 2.45) is 5.73 Å². The van der Waals surface area contributed by atoms with Gasteiger partial charge in [-0.25, -0.2) is 0 Å². The van der Waals surface area contributed by atoms with E-state index in [2.05, 4.69) is 15.9 Å². The van der Waals surface area contributed by atoms with Crippen molar-refractivity contribution >= 4 is 22.0 Å². The van der Waals surface area contributed by atoms with E-state index in [1.807, 2.05) is 0 Å². The zero-order valence-corrected chi connectivity index (χ0v) is 10.4. The molecule has 0 saturated carbocycles. The summed E-state index contributed by atoms with van der Waals surface area (Å²) in [5, 5.41) is 28.2. The standard InChI is InChI=1S/C11H14BrNO3/c1-11(13,6-14)10(16)5-7-4-8(12)2-3-9(7)15/h2-5,14-16H,6,13H2,1H3. The average molecular weight is 288 g/mol. The first-order chi connectivity index (χ1) is 7.36. The molecule has 5 heteroatoms. The molecule has 88 valence electrons. The Labute approximate surface area is 102 Å². The lowest BCUT2D eigenvalue weighted by Crippen LogP contribution is -2.42. The summed E-state index contributed by atoms with van der Waals surface area (Å²) in [5.74, 6) is -0.160. The molecule has 1 atom stereocenters. The third kappa shape index (κ3) is 2.98. The van der Waals surface area contributed by atoms with E-state index >= 15 is 0 Å². The van der Waals surface area contributed by atoms with Crippen LogP contribution in [0.15, 0.2) is 28.4 Å². The lowest BCUT2D eigenvalue weighted by molar-refractivity contribution is 0.189. The summed E-state index contributed by atoms with van der Waals surface area (Å²) in [4.78, 5) is 0. The van der Waals surface area contributed by atoms with Crippen molar-refractivity contribution in [2.45, 2.75) is 12.5 Å². The van der Waals surface area contributed by atoms with Crippen LogP contribution < -0.4 is 5.73 Å². The highest BCUT2D eigenvalue weighted by molar-refractivity contribution is 9.10. The summed E-state index contributed by atoms with van der Waals surface area (Å²) < 4.78 is 0.770. The molecule has 0 amide bonds. The van der Waals surface area contributed by atoms with Gasteiger partial charge in [-0.2, -0.15) is 0 Å². The van der Waals surface area contributed by atoms with Crippen molar-refractivity contribution in [1.82, 2.24) is 0 Å². The van der Waals surface area contributed by atoms with Gasteiger partial charge >= 0.3 is 0 Å². The molecule has 0 saturated heterocycles.